The van der Waals surface area contributed by atoms with E-state index in [9.17, 15) is 9.59 Å². The molecule has 0 aromatic carbocycles. The number of ketones is 1. The summed E-state index contributed by atoms with van der Waals surface area (Å²) in [5, 5.41) is 10.9. The van der Waals surface area contributed by atoms with Gasteiger partial charge in [0.15, 0.2) is 11.4 Å². The number of hydrogen-bond donors (Lipinski definition) is 2. The van der Waals surface area contributed by atoms with E-state index in [1.807, 2.05) is 42.9 Å². The van der Waals surface area contributed by atoms with Gasteiger partial charge in [-0.2, -0.15) is 9.61 Å². The normalized spacial score (nSPS) is 17.2. The first kappa shape index (κ1) is 22.5. The molecule has 0 radical (unpaired) electrons. The Morgan fingerprint density at radius 1 is 1.38 bits per heavy atom. The molecule has 1 amide bonds. The molecule has 9 heteroatoms. The summed E-state index contributed by atoms with van der Waals surface area (Å²) in [6.07, 6.45) is 7.64. The maximum absolute atomic E-state index is 12.7. The van der Waals surface area contributed by atoms with Crippen molar-refractivity contribution in [3.05, 3.63) is 52.7 Å². The van der Waals surface area contributed by atoms with Crippen LogP contribution in [0.1, 0.15) is 47.3 Å². The third kappa shape index (κ3) is 4.80. The molecule has 0 spiro atoms. The number of fused-ring (bicyclic) bond motifs is 1. The molecule has 2 N–H and O–H groups in total. The predicted octanol–water partition coefficient (Wildman–Crippen LogP) is 3.97. The van der Waals surface area contributed by atoms with Gasteiger partial charge in [0.2, 0.25) is 5.91 Å². The van der Waals surface area contributed by atoms with Crippen LogP contribution < -0.4 is 10.6 Å². The molecule has 176 valence electrons. The third-order valence-electron chi connectivity index (χ3n) is 5.93. The number of carbonyl (C=O) groups is 2. The summed E-state index contributed by atoms with van der Waals surface area (Å²) in [5.41, 5.74) is 3.78. The standard InChI is InChI=1S/C25H28N6O2S/c1-15-16(12-24(33)27-15)11-17-14-26-31-23(28-18-6-7-18)13-19(29-25(17)31)21-8-9-22(34-21)20(32)5-4-10-30(2)3/h8-9,11,13-14,18,28H,1,4-7,10,12H2,2-3H3,(H,27,33)/b16-11+. The molecule has 34 heavy (non-hydrogen) atoms. The molecule has 1 aliphatic carbocycles. The van der Waals surface area contributed by atoms with Gasteiger partial charge in [-0.25, -0.2) is 4.98 Å². The van der Waals surface area contributed by atoms with E-state index in [4.69, 9.17) is 4.98 Å². The van der Waals surface area contributed by atoms with Gasteiger partial charge >= 0.3 is 0 Å². The molecule has 1 aliphatic heterocycles. The maximum atomic E-state index is 12.7. The summed E-state index contributed by atoms with van der Waals surface area (Å²) in [6.45, 7) is 4.83. The highest BCUT2D eigenvalue weighted by Gasteiger charge is 2.24. The Morgan fingerprint density at radius 2 is 2.21 bits per heavy atom. The minimum Gasteiger partial charge on any atom is -0.367 e. The molecule has 0 bridgehead atoms. The number of hydrogen-bond acceptors (Lipinski definition) is 7. The molecule has 1 saturated carbocycles. The lowest BCUT2D eigenvalue weighted by Crippen LogP contribution is -2.14. The van der Waals surface area contributed by atoms with Gasteiger partial charge < -0.3 is 15.5 Å². The van der Waals surface area contributed by atoms with Crippen molar-refractivity contribution in [1.29, 1.82) is 0 Å². The molecule has 0 atom stereocenters. The third-order valence-corrected chi connectivity index (χ3v) is 7.08. The number of rotatable bonds is 9. The van der Waals surface area contributed by atoms with Gasteiger partial charge in [0.05, 0.1) is 28.1 Å². The zero-order chi connectivity index (χ0) is 23.8. The average Bonchev–Trinajstić information content (AvgIpc) is 3.18. The van der Waals surface area contributed by atoms with E-state index in [1.165, 1.54) is 11.3 Å². The van der Waals surface area contributed by atoms with Crippen LogP contribution >= 0.6 is 11.3 Å². The van der Waals surface area contributed by atoms with Gasteiger partial charge in [0.25, 0.3) is 0 Å². The molecule has 0 unspecified atom stereocenters. The van der Waals surface area contributed by atoms with Gasteiger partial charge in [-0.15, -0.1) is 11.3 Å². The van der Waals surface area contributed by atoms with Crippen LogP contribution in [-0.4, -0.2) is 57.9 Å². The van der Waals surface area contributed by atoms with Gasteiger partial charge in [0.1, 0.15) is 5.82 Å². The van der Waals surface area contributed by atoms with Crippen LogP contribution in [0, 0.1) is 0 Å². The Kier molecular flexibility index (Phi) is 6.05. The van der Waals surface area contributed by atoms with Crippen molar-refractivity contribution < 1.29 is 9.59 Å². The number of allylic oxidation sites excluding steroid dienone is 1. The smallest absolute Gasteiger partial charge is 0.228 e. The van der Waals surface area contributed by atoms with Crippen molar-refractivity contribution in [2.45, 2.75) is 38.1 Å². The lowest BCUT2D eigenvalue weighted by molar-refractivity contribution is -0.118. The van der Waals surface area contributed by atoms with E-state index in [-0.39, 0.29) is 11.7 Å². The second-order valence-electron chi connectivity index (χ2n) is 9.15. The van der Waals surface area contributed by atoms with Crippen LogP contribution in [0.5, 0.6) is 0 Å². The van der Waals surface area contributed by atoms with Crippen LogP contribution in [0.15, 0.2) is 42.2 Å². The largest absolute Gasteiger partial charge is 0.367 e. The molecular formula is C25H28N6O2S. The number of thiophene rings is 1. The molecule has 1 saturated heterocycles. The van der Waals surface area contributed by atoms with E-state index in [1.54, 1.807) is 6.20 Å². The summed E-state index contributed by atoms with van der Waals surface area (Å²) >= 11 is 1.48. The van der Waals surface area contributed by atoms with E-state index in [0.717, 1.165) is 58.2 Å². The van der Waals surface area contributed by atoms with Crippen molar-refractivity contribution in [2.24, 2.45) is 0 Å². The zero-order valence-corrected chi connectivity index (χ0v) is 20.2. The molecule has 3 aromatic rings. The lowest BCUT2D eigenvalue weighted by atomic mass is 10.1. The highest BCUT2D eigenvalue weighted by Crippen LogP contribution is 2.33. The van der Waals surface area contributed by atoms with E-state index >= 15 is 0 Å². The Balaban J connectivity index is 1.48. The molecular weight excluding hydrogens is 448 g/mol. The minimum atomic E-state index is -0.0566. The molecule has 2 fully saturated rings. The van der Waals surface area contributed by atoms with Crippen molar-refractivity contribution >= 4 is 40.6 Å². The fourth-order valence-corrected chi connectivity index (χ4v) is 4.88. The molecule has 2 aliphatic rings. The van der Waals surface area contributed by atoms with Gasteiger partial charge in [-0.1, -0.05) is 6.58 Å². The average molecular weight is 477 g/mol. The van der Waals surface area contributed by atoms with E-state index in [2.05, 4.69) is 27.2 Å². The highest BCUT2D eigenvalue weighted by molar-refractivity contribution is 7.17. The Hall–Kier alpha value is -3.30. The number of nitrogens with one attached hydrogen (secondary N) is 2. The van der Waals surface area contributed by atoms with Crippen LogP contribution in [0.3, 0.4) is 0 Å². The first-order chi connectivity index (χ1) is 16.4. The first-order valence-electron chi connectivity index (χ1n) is 11.5. The topological polar surface area (TPSA) is 91.6 Å². The van der Waals surface area contributed by atoms with Crippen LogP contribution in [0.2, 0.25) is 0 Å². The van der Waals surface area contributed by atoms with E-state index in [0.29, 0.717) is 30.2 Å². The molecule has 3 aromatic heterocycles. The number of aromatic nitrogens is 3. The second-order valence-corrected chi connectivity index (χ2v) is 10.2. The van der Waals surface area contributed by atoms with Gasteiger partial charge in [0, 0.05) is 29.8 Å². The van der Waals surface area contributed by atoms with Crippen molar-refractivity contribution in [1.82, 2.24) is 24.8 Å². The second kappa shape index (κ2) is 9.15. The van der Waals surface area contributed by atoms with Crippen LogP contribution in [-0.2, 0) is 4.79 Å². The summed E-state index contributed by atoms with van der Waals surface area (Å²) in [4.78, 5) is 33.1. The number of amides is 1. The number of Topliss-reactive ketones (excluding diaryl/α,β-unsaturated/α-hetero) is 1. The maximum Gasteiger partial charge on any atom is 0.228 e. The van der Waals surface area contributed by atoms with Crippen molar-refractivity contribution in [3.8, 4) is 10.6 Å². The SMILES string of the molecule is C=C1NC(=O)C/C1=C\c1cnn2c(NC3CC3)cc(-c3ccc(C(=O)CCCN(C)C)s3)nc12. The zero-order valence-electron chi connectivity index (χ0n) is 19.4. The summed E-state index contributed by atoms with van der Waals surface area (Å²) in [5.74, 6) is 0.986. The first-order valence-corrected chi connectivity index (χ1v) is 12.3. The fourth-order valence-electron chi connectivity index (χ4n) is 3.95. The number of nitrogens with zero attached hydrogens (tertiary/aromatic N) is 4. The quantitative estimate of drug-likeness (QED) is 0.454. The monoisotopic (exact) mass is 476 g/mol. The highest BCUT2D eigenvalue weighted by atomic mass is 32.1. The minimum absolute atomic E-state index is 0.0566. The Labute approximate surface area is 202 Å². The predicted molar refractivity (Wildman–Crippen MR) is 135 cm³/mol. The number of carbonyl (C=O) groups excluding carboxylic acids is 2. The summed E-state index contributed by atoms with van der Waals surface area (Å²) in [7, 11) is 4.03. The van der Waals surface area contributed by atoms with Gasteiger partial charge in [-0.05, 0) is 63.7 Å². The summed E-state index contributed by atoms with van der Waals surface area (Å²) < 4.78 is 1.81. The van der Waals surface area contributed by atoms with Crippen LogP contribution in [0.4, 0.5) is 5.82 Å². The Morgan fingerprint density at radius 3 is 2.91 bits per heavy atom. The molecule has 8 nitrogen and oxygen atoms in total. The Bertz CT molecular complexity index is 1310. The number of anilines is 1. The van der Waals surface area contributed by atoms with Gasteiger partial charge in [-0.3, -0.25) is 9.59 Å². The van der Waals surface area contributed by atoms with Crippen molar-refractivity contribution in [2.75, 3.05) is 26.0 Å². The lowest BCUT2D eigenvalue weighted by Gasteiger charge is -2.09. The fraction of sp³-hybridized carbons (Fsp3) is 0.360. The molecule has 5 rings (SSSR count). The van der Waals surface area contributed by atoms with Crippen molar-refractivity contribution in [3.63, 3.8) is 0 Å². The summed E-state index contributed by atoms with van der Waals surface area (Å²) in [6, 6.07) is 6.32. The van der Waals surface area contributed by atoms with Crippen LogP contribution in [0.25, 0.3) is 22.3 Å². The molecule has 4 heterocycles. The van der Waals surface area contributed by atoms with E-state index < -0.39 is 0 Å².